The monoisotopic (exact) mass is 1260 g/mol. The number of anilines is 2. The molecule has 0 saturated carbocycles. The first-order valence-corrected chi connectivity index (χ1v) is 34.4. The van der Waals surface area contributed by atoms with E-state index in [0.29, 0.717) is 89.6 Å². The molecule has 3 aromatic rings. The van der Waals surface area contributed by atoms with E-state index in [-0.39, 0.29) is 68.9 Å². The summed E-state index contributed by atoms with van der Waals surface area (Å²) < 4.78 is 172. The maximum Gasteiger partial charge on any atom is 0.333 e. The number of benzene rings is 3. The standard InChI is InChI=1S/C53H65ClN4O19S5/c1-52(2)41-32-37(55(25-9-29-78(62,63)64)26-10-30-79(65,66)67)17-19-42(41)56(28-11-31-80(68,69)70)45(52)21-15-35-12-8-13-36(51(35)54)16-22-46-53(3,4)50-40-33-38(81(71,72)73)34-44(82(74,75)76)39(40)18-20-43(50)57(46)27-7-5-6-14-49(61)77-58-47(59)23-24-48(58)60/h15-22,32-34H,5-14,23-31H2,1-4H3,(H4-,62,63,64,65,66,67,68,69,70,71,72,73,74,75,76)/p+1. The van der Waals surface area contributed by atoms with Crippen molar-refractivity contribution in [2.24, 2.45) is 0 Å². The first-order valence-electron chi connectivity index (χ1n) is 26.3. The Bertz CT molecular complexity index is 3800. The first-order chi connectivity index (χ1) is 38.0. The highest BCUT2D eigenvalue weighted by atomic mass is 35.5. The van der Waals surface area contributed by atoms with Gasteiger partial charge in [0, 0.05) is 95.9 Å². The third-order valence-electron chi connectivity index (χ3n) is 15.0. The third kappa shape index (κ3) is 15.3. The Morgan fingerprint density at radius 1 is 0.695 bits per heavy atom. The summed E-state index contributed by atoms with van der Waals surface area (Å²) in [7, 11) is -23.0. The number of carbonyl (C=O) groups is 3. The summed E-state index contributed by atoms with van der Waals surface area (Å²) in [6, 6.07) is 10.3. The predicted octanol–water partition coefficient (Wildman–Crippen LogP) is 7.36. The van der Waals surface area contributed by atoms with Gasteiger partial charge in [0.1, 0.15) is 11.4 Å². The smallest absolute Gasteiger partial charge is 0.333 e. The van der Waals surface area contributed by atoms with Crippen LogP contribution in [0.15, 0.2) is 98.4 Å². The molecular formula is C53H66ClN4O19S5+. The van der Waals surface area contributed by atoms with Gasteiger partial charge in [0.15, 0.2) is 5.71 Å². The van der Waals surface area contributed by atoms with Crippen LogP contribution in [0.5, 0.6) is 0 Å². The van der Waals surface area contributed by atoms with E-state index in [1.165, 1.54) is 6.07 Å². The van der Waals surface area contributed by atoms with Crippen LogP contribution in [-0.2, 0) is 80.6 Å². The number of unbranched alkanes of at least 4 members (excludes halogenated alkanes) is 2. The molecule has 1 fully saturated rings. The molecule has 7 rings (SSSR count). The molecule has 3 aliphatic heterocycles. The predicted molar refractivity (Wildman–Crippen MR) is 306 cm³/mol. The van der Waals surface area contributed by atoms with Crippen molar-refractivity contribution >= 4 is 114 Å². The minimum absolute atomic E-state index is 0.00204. The summed E-state index contributed by atoms with van der Waals surface area (Å²) in [6.07, 6.45) is 10.3. The quantitative estimate of drug-likeness (QED) is 0.0239. The molecule has 0 atom stereocenters. The van der Waals surface area contributed by atoms with Gasteiger partial charge in [-0.05, 0) is 130 Å². The molecule has 29 heteroatoms. The van der Waals surface area contributed by atoms with Gasteiger partial charge in [0.05, 0.1) is 27.6 Å². The fourth-order valence-electron chi connectivity index (χ4n) is 11.1. The molecule has 3 heterocycles. The number of halogens is 1. The number of amides is 2. The summed E-state index contributed by atoms with van der Waals surface area (Å²) in [5.74, 6) is -3.59. The van der Waals surface area contributed by atoms with E-state index in [0.717, 1.165) is 28.5 Å². The number of allylic oxidation sites excluding steroid dienone is 8. The lowest BCUT2D eigenvalue weighted by molar-refractivity contribution is -0.438. The van der Waals surface area contributed by atoms with Gasteiger partial charge in [-0.3, -0.25) is 32.4 Å². The second-order valence-electron chi connectivity index (χ2n) is 21.6. The zero-order valence-corrected chi connectivity index (χ0v) is 50.3. The van der Waals surface area contributed by atoms with Crippen molar-refractivity contribution in [3.8, 4) is 0 Å². The minimum Gasteiger partial charge on any atom is -0.371 e. The highest BCUT2D eigenvalue weighted by Gasteiger charge is 2.47. The molecule has 448 valence electrons. The van der Waals surface area contributed by atoms with Crippen molar-refractivity contribution in [2.45, 2.75) is 125 Å². The van der Waals surface area contributed by atoms with Crippen molar-refractivity contribution in [1.82, 2.24) is 5.06 Å². The van der Waals surface area contributed by atoms with Crippen LogP contribution in [0.25, 0.3) is 10.8 Å². The number of carbonyl (C=O) groups excluding carboxylic acids is 3. The molecule has 5 N–H and O–H groups in total. The molecule has 0 aromatic heterocycles. The molecule has 0 bridgehead atoms. The lowest BCUT2D eigenvalue weighted by Crippen LogP contribution is -2.31. The van der Waals surface area contributed by atoms with Gasteiger partial charge in [-0.15, -0.1) is 5.06 Å². The maximum atomic E-state index is 12.8. The Hall–Kier alpha value is -5.40. The molecule has 0 spiro atoms. The van der Waals surface area contributed by atoms with Crippen LogP contribution in [0.4, 0.5) is 17.1 Å². The largest absolute Gasteiger partial charge is 0.371 e. The van der Waals surface area contributed by atoms with E-state index >= 15 is 0 Å². The van der Waals surface area contributed by atoms with Crippen LogP contribution in [0.1, 0.15) is 116 Å². The molecule has 82 heavy (non-hydrogen) atoms. The van der Waals surface area contributed by atoms with Gasteiger partial charge >= 0.3 is 5.97 Å². The third-order valence-corrected chi connectivity index (χ3v) is 19.6. The summed E-state index contributed by atoms with van der Waals surface area (Å²) in [4.78, 5) is 43.8. The summed E-state index contributed by atoms with van der Waals surface area (Å²) >= 11 is 7.30. The van der Waals surface area contributed by atoms with Crippen LogP contribution in [0.3, 0.4) is 0 Å². The summed E-state index contributed by atoms with van der Waals surface area (Å²) in [5.41, 5.74) is 4.17. The number of fused-ring (bicyclic) bond motifs is 4. The second-order valence-corrected chi connectivity index (χ2v) is 29.5. The number of hydrogen-bond acceptors (Lipinski definition) is 16. The number of imide groups is 1. The van der Waals surface area contributed by atoms with Crippen molar-refractivity contribution < 1.29 is 88.6 Å². The molecule has 2 amide bonds. The van der Waals surface area contributed by atoms with E-state index in [9.17, 15) is 79.2 Å². The van der Waals surface area contributed by atoms with Crippen LogP contribution in [0, 0.1) is 0 Å². The van der Waals surface area contributed by atoms with Crippen LogP contribution in [0.2, 0.25) is 0 Å². The Morgan fingerprint density at radius 3 is 1.91 bits per heavy atom. The highest BCUT2D eigenvalue weighted by molar-refractivity contribution is 7.87. The fraction of sp³-hybridized carbons (Fsp3) is 0.472. The van der Waals surface area contributed by atoms with E-state index in [2.05, 4.69) is 0 Å². The molecule has 1 saturated heterocycles. The number of hydroxylamine groups is 2. The highest BCUT2D eigenvalue weighted by Crippen LogP contribution is 2.50. The number of nitrogens with zero attached hydrogens (tertiary/aromatic N) is 4. The van der Waals surface area contributed by atoms with Gasteiger partial charge in [0.25, 0.3) is 62.4 Å². The van der Waals surface area contributed by atoms with Gasteiger partial charge in [-0.2, -0.15) is 46.7 Å². The zero-order chi connectivity index (χ0) is 60.5. The van der Waals surface area contributed by atoms with Gasteiger partial charge in [-0.1, -0.05) is 37.6 Å². The number of hydrogen-bond donors (Lipinski definition) is 5. The number of rotatable bonds is 25. The van der Waals surface area contributed by atoms with E-state index < -0.39 is 106 Å². The van der Waals surface area contributed by atoms with E-state index in [1.807, 2.05) is 67.5 Å². The van der Waals surface area contributed by atoms with Crippen LogP contribution in [-0.4, -0.2) is 141 Å². The SMILES string of the molecule is CC1(C)C(=CC=C2CCCC(C=CC3=[N+](CCCCCC(=O)ON4C(=O)CCC4=O)c4ccc5c(S(=O)(=O)O)cc(S(=O)(=O)O)cc5c4C3(C)C)=C2Cl)N(CCCS(=O)(=O)O)c2ccc(N(CCCS(=O)(=O)O)CCCS(=O)(=O)O)cc21. The molecule has 4 aliphatic rings. The van der Waals surface area contributed by atoms with Gasteiger partial charge < -0.3 is 14.6 Å². The zero-order valence-electron chi connectivity index (χ0n) is 45.4. The van der Waals surface area contributed by atoms with Crippen molar-refractivity contribution in [1.29, 1.82) is 0 Å². The molecule has 0 unspecified atom stereocenters. The molecule has 1 aliphatic carbocycles. The fourth-order valence-corrected chi connectivity index (χ4v) is 14.2. The Balaban J connectivity index is 1.25. The van der Waals surface area contributed by atoms with E-state index in [4.69, 9.17) is 16.4 Å². The van der Waals surface area contributed by atoms with Gasteiger partial charge in [-0.25, -0.2) is 4.79 Å². The summed E-state index contributed by atoms with van der Waals surface area (Å²) in [6.45, 7) is 8.27. The second kappa shape index (κ2) is 24.7. The van der Waals surface area contributed by atoms with Crippen molar-refractivity contribution in [2.75, 3.05) is 53.2 Å². The maximum absolute atomic E-state index is 12.8. The lowest BCUT2D eigenvalue weighted by atomic mass is 9.78. The summed E-state index contributed by atoms with van der Waals surface area (Å²) in [5, 5.41) is 1.05. The first kappa shape index (κ1) is 64.2. The van der Waals surface area contributed by atoms with Gasteiger partial charge in [0.2, 0.25) is 5.69 Å². The van der Waals surface area contributed by atoms with E-state index in [1.54, 1.807) is 23.1 Å². The molecule has 3 aromatic carbocycles. The molecule has 23 nitrogen and oxygen atoms in total. The Kier molecular flexibility index (Phi) is 19.3. The average molecular weight is 1260 g/mol. The topological polar surface area (TPSA) is 345 Å². The lowest BCUT2D eigenvalue weighted by Gasteiger charge is -2.27. The molecular weight excluding hydrogens is 1190 g/mol. The Morgan fingerprint density at radius 2 is 1.32 bits per heavy atom. The Labute approximate surface area is 482 Å². The van der Waals surface area contributed by atoms with Crippen LogP contribution < -0.4 is 9.80 Å². The van der Waals surface area contributed by atoms with Crippen molar-refractivity contribution in [3.05, 3.63) is 99.8 Å². The average Bonchev–Trinajstić information content (AvgIpc) is 1.69. The molecule has 0 radical (unpaired) electrons. The van der Waals surface area contributed by atoms with Crippen LogP contribution >= 0.6 is 11.6 Å². The van der Waals surface area contributed by atoms with Crippen molar-refractivity contribution in [3.63, 3.8) is 0 Å². The minimum atomic E-state index is -5.03. The normalized spacial score (nSPS) is 18.7.